The number of unbranched alkanes of at least 4 members (excludes halogenated alkanes) is 13. The number of carbonyl (C=O) groups is 1. The smallest absolute Gasteiger partial charge is 0.303 e. The Hall–Kier alpha value is 0.846. The molecule has 0 unspecified atom stereocenters. The van der Waals surface area contributed by atoms with Crippen LogP contribution in [0.4, 0.5) is 0 Å². The second-order valence-corrected chi connectivity index (χ2v) is 6.44. The molecule has 0 saturated carbocycles. The van der Waals surface area contributed by atoms with Gasteiger partial charge >= 0.3 is 5.97 Å². The molecule has 0 fully saturated rings. The number of aliphatic carboxylic acids is 1. The van der Waals surface area contributed by atoms with E-state index in [4.69, 9.17) is 5.11 Å². The van der Waals surface area contributed by atoms with Crippen molar-refractivity contribution in [3.8, 4) is 0 Å². The minimum Gasteiger partial charge on any atom is -0.481 e. The van der Waals surface area contributed by atoms with Gasteiger partial charge in [0.25, 0.3) is 0 Å². The SMILES string of the molecule is CCCCCCCCCCC=CCCCCCCCC(=O)O.[K]. The van der Waals surface area contributed by atoms with Crippen molar-refractivity contribution in [3.63, 3.8) is 0 Å². The molecule has 23 heavy (non-hydrogen) atoms. The molecule has 0 amide bonds. The Morgan fingerprint density at radius 1 is 0.696 bits per heavy atom. The largest absolute Gasteiger partial charge is 0.481 e. The predicted octanol–water partition coefficient (Wildman–Crippen LogP) is 6.51. The van der Waals surface area contributed by atoms with Crippen LogP contribution in [0.1, 0.15) is 110 Å². The summed E-state index contributed by atoms with van der Waals surface area (Å²) < 4.78 is 0. The molecule has 0 aromatic carbocycles. The van der Waals surface area contributed by atoms with Gasteiger partial charge in [0.05, 0.1) is 0 Å². The summed E-state index contributed by atoms with van der Waals surface area (Å²) >= 11 is 0. The summed E-state index contributed by atoms with van der Waals surface area (Å²) in [7, 11) is 0. The van der Waals surface area contributed by atoms with Crippen molar-refractivity contribution >= 4 is 57.4 Å². The molecule has 2 nitrogen and oxygen atoms in total. The number of allylic oxidation sites excluding steroid dienone is 2. The van der Waals surface area contributed by atoms with Crippen molar-refractivity contribution in [2.24, 2.45) is 0 Å². The Balaban J connectivity index is 0. The summed E-state index contributed by atoms with van der Waals surface area (Å²) in [5.74, 6) is -0.663. The summed E-state index contributed by atoms with van der Waals surface area (Å²) in [4.78, 5) is 10.4. The summed E-state index contributed by atoms with van der Waals surface area (Å²) in [6.45, 7) is 2.27. The molecule has 0 aromatic heterocycles. The van der Waals surface area contributed by atoms with E-state index in [0.29, 0.717) is 6.42 Å². The molecular weight excluding hydrogens is 311 g/mol. The van der Waals surface area contributed by atoms with Crippen molar-refractivity contribution in [1.29, 1.82) is 0 Å². The minimum absolute atomic E-state index is 0. The van der Waals surface area contributed by atoms with Crippen LogP contribution in [0.5, 0.6) is 0 Å². The summed E-state index contributed by atoms with van der Waals surface area (Å²) in [6.07, 6.45) is 24.2. The molecule has 0 aromatic rings. The van der Waals surface area contributed by atoms with Crippen LogP contribution >= 0.6 is 0 Å². The van der Waals surface area contributed by atoms with Crippen LogP contribution in [0.15, 0.2) is 12.2 Å². The monoisotopic (exact) mass is 349 g/mol. The number of carboxylic acid groups (broad SMARTS) is 1. The fraction of sp³-hybridized carbons (Fsp3) is 0.850. The first-order chi connectivity index (χ1) is 10.8. The Bertz CT molecular complexity index is 264. The van der Waals surface area contributed by atoms with Crippen LogP contribution in [-0.2, 0) is 4.79 Å². The average Bonchev–Trinajstić information content (AvgIpc) is 2.50. The number of carboxylic acids is 1. The molecule has 0 aliphatic heterocycles. The molecule has 0 rings (SSSR count). The molecule has 0 heterocycles. The first kappa shape index (κ1) is 26.1. The van der Waals surface area contributed by atoms with Gasteiger partial charge in [0.2, 0.25) is 0 Å². The fourth-order valence-corrected chi connectivity index (χ4v) is 2.70. The Kier molecular flexibility index (Phi) is 25.9. The van der Waals surface area contributed by atoms with E-state index < -0.39 is 5.97 Å². The van der Waals surface area contributed by atoms with E-state index in [2.05, 4.69) is 19.1 Å². The maximum Gasteiger partial charge on any atom is 0.303 e. The zero-order valence-corrected chi connectivity index (χ0v) is 18.9. The van der Waals surface area contributed by atoms with E-state index in [1.165, 1.54) is 83.5 Å². The van der Waals surface area contributed by atoms with Gasteiger partial charge in [0.1, 0.15) is 0 Å². The molecule has 131 valence electrons. The van der Waals surface area contributed by atoms with E-state index in [9.17, 15) is 4.79 Å². The van der Waals surface area contributed by atoms with Gasteiger partial charge < -0.3 is 5.11 Å². The fourth-order valence-electron chi connectivity index (χ4n) is 2.70. The van der Waals surface area contributed by atoms with Crippen LogP contribution in [0, 0.1) is 0 Å². The molecule has 0 aliphatic carbocycles. The van der Waals surface area contributed by atoms with Gasteiger partial charge in [-0.2, -0.15) is 0 Å². The van der Waals surface area contributed by atoms with E-state index in [0.717, 1.165) is 12.8 Å². The molecule has 0 bridgehead atoms. The van der Waals surface area contributed by atoms with Crippen LogP contribution in [0.3, 0.4) is 0 Å². The minimum atomic E-state index is -0.663. The van der Waals surface area contributed by atoms with Gasteiger partial charge in [-0.05, 0) is 32.1 Å². The quantitative estimate of drug-likeness (QED) is 0.185. The topological polar surface area (TPSA) is 37.3 Å². The molecule has 0 aliphatic rings. The Labute approximate surface area is 187 Å². The molecule has 0 spiro atoms. The second kappa shape index (κ2) is 22.8. The van der Waals surface area contributed by atoms with Crippen molar-refractivity contribution in [3.05, 3.63) is 12.2 Å². The zero-order chi connectivity index (χ0) is 16.3. The third-order valence-corrected chi connectivity index (χ3v) is 4.15. The van der Waals surface area contributed by atoms with Crippen molar-refractivity contribution in [2.45, 2.75) is 110 Å². The first-order valence-electron chi connectivity index (χ1n) is 9.64. The van der Waals surface area contributed by atoms with E-state index in [-0.39, 0.29) is 51.4 Å². The predicted molar refractivity (Wildman–Crippen MR) is 102 cm³/mol. The zero-order valence-electron chi connectivity index (χ0n) is 15.8. The van der Waals surface area contributed by atoms with E-state index >= 15 is 0 Å². The normalized spacial score (nSPS) is 10.8. The Morgan fingerprint density at radius 2 is 1.09 bits per heavy atom. The third kappa shape index (κ3) is 25.2. The number of hydrogen-bond acceptors (Lipinski definition) is 1. The maximum atomic E-state index is 10.4. The molecule has 3 heteroatoms. The van der Waals surface area contributed by atoms with Crippen LogP contribution in [0.2, 0.25) is 0 Å². The number of rotatable bonds is 17. The van der Waals surface area contributed by atoms with Crippen molar-refractivity contribution < 1.29 is 9.90 Å². The maximum absolute atomic E-state index is 10.4. The van der Waals surface area contributed by atoms with Gasteiger partial charge in [-0.25, -0.2) is 0 Å². The number of hydrogen-bond donors (Lipinski definition) is 1. The van der Waals surface area contributed by atoms with Crippen LogP contribution < -0.4 is 0 Å². The standard InChI is InChI=1S/C20H38O2.K/c1-2-3-4-5-6-7-8-9-10-11-12-13-14-15-16-17-18-19-20(21)22;/h11-12H,2-10,13-19H2,1H3,(H,21,22);. The van der Waals surface area contributed by atoms with Gasteiger partial charge in [0, 0.05) is 57.8 Å². The van der Waals surface area contributed by atoms with Gasteiger partial charge in [-0.15, -0.1) is 0 Å². The average molecular weight is 350 g/mol. The molecule has 1 radical (unpaired) electrons. The first-order valence-corrected chi connectivity index (χ1v) is 9.64. The molecule has 0 atom stereocenters. The van der Waals surface area contributed by atoms with Gasteiger partial charge in [0.15, 0.2) is 0 Å². The van der Waals surface area contributed by atoms with E-state index in [1.807, 2.05) is 0 Å². The van der Waals surface area contributed by atoms with Crippen LogP contribution in [-0.4, -0.2) is 62.5 Å². The molecular formula is C20H38KO2. The molecule has 0 saturated heterocycles. The Morgan fingerprint density at radius 3 is 1.52 bits per heavy atom. The third-order valence-electron chi connectivity index (χ3n) is 4.15. The second-order valence-electron chi connectivity index (χ2n) is 6.44. The molecule has 1 N–H and O–H groups in total. The van der Waals surface area contributed by atoms with Gasteiger partial charge in [-0.1, -0.05) is 83.3 Å². The summed E-state index contributed by atoms with van der Waals surface area (Å²) in [6, 6.07) is 0. The summed E-state index contributed by atoms with van der Waals surface area (Å²) in [5, 5.41) is 8.53. The summed E-state index contributed by atoms with van der Waals surface area (Å²) in [5.41, 5.74) is 0. The van der Waals surface area contributed by atoms with Crippen molar-refractivity contribution in [2.75, 3.05) is 0 Å². The van der Waals surface area contributed by atoms with E-state index in [1.54, 1.807) is 0 Å². The van der Waals surface area contributed by atoms with Crippen LogP contribution in [0.25, 0.3) is 0 Å². The van der Waals surface area contributed by atoms with Gasteiger partial charge in [-0.3, -0.25) is 4.79 Å². The van der Waals surface area contributed by atoms with Crippen molar-refractivity contribution in [1.82, 2.24) is 0 Å².